The topological polar surface area (TPSA) is 111 Å². The molecule has 1 heterocycles. The number of carbonyl (C=O) groups is 1. The first-order chi connectivity index (χ1) is 11.9. The van der Waals surface area contributed by atoms with Crippen molar-refractivity contribution in [1.82, 2.24) is 9.62 Å². The van der Waals surface area contributed by atoms with E-state index in [9.17, 15) is 13.2 Å². The van der Waals surface area contributed by atoms with E-state index < -0.39 is 10.0 Å². The molecule has 0 saturated carbocycles. The molecule has 140 valence electrons. The van der Waals surface area contributed by atoms with Gasteiger partial charge in [0.05, 0.1) is 19.1 Å². The van der Waals surface area contributed by atoms with Crippen molar-refractivity contribution in [3.63, 3.8) is 0 Å². The maximum atomic E-state index is 12.8. The summed E-state index contributed by atoms with van der Waals surface area (Å²) in [6.45, 7) is 1.43. The number of nitrogens with two attached hydrogens (primary N) is 1. The number of rotatable bonds is 7. The standard InChI is InChI=1S/C16H25N3O5S/c1-23-14-4-3-13(11-15(14)24-2)25(21,22)19-9-5-12(6-10-19)16(20)18-8-7-17/h3-4,11-12H,5-10,17H2,1-2H3,(H,18,20). The Labute approximate surface area is 148 Å². The number of ether oxygens (including phenoxy) is 2. The molecule has 0 spiro atoms. The lowest BCUT2D eigenvalue weighted by atomic mass is 9.97. The van der Waals surface area contributed by atoms with Crippen molar-refractivity contribution < 1.29 is 22.7 Å². The van der Waals surface area contributed by atoms with E-state index in [2.05, 4.69) is 5.32 Å². The summed E-state index contributed by atoms with van der Waals surface area (Å²) in [7, 11) is -0.689. The van der Waals surface area contributed by atoms with Gasteiger partial charge in [-0.05, 0) is 25.0 Å². The number of nitrogens with zero attached hydrogens (tertiary/aromatic N) is 1. The Morgan fingerprint density at radius 1 is 1.24 bits per heavy atom. The number of benzene rings is 1. The Hall–Kier alpha value is -1.84. The zero-order valence-electron chi connectivity index (χ0n) is 14.5. The average molecular weight is 371 g/mol. The molecule has 0 radical (unpaired) electrons. The van der Waals surface area contributed by atoms with Crippen LogP contribution < -0.4 is 20.5 Å². The number of methoxy groups -OCH3 is 2. The minimum atomic E-state index is -3.64. The van der Waals surface area contributed by atoms with Crippen LogP contribution in [0.4, 0.5) is 0 Å². The van der Waals surface area contributed by atoms with Crippen LogP contribution in [0, 0.1) is 5.92 Å². The minimum absolute atomic E-state index is 0.0615. The lowest BCUT2D eigenvalue weighted by molar-refractivity contribution is -0.126. The first kappa shape index (κ1) is 19.5. The second-order valence-electron chi connectivity index (χ2n) is 5.77. The molecule has 1 saturated heterocycles. The van der Waals surface area contributed by atoms with Crippen molar-refractivity contribution in [2.75, 3.05) is 40.4 Å². The van der Waals surface area contributed by atoms with Gasteiger partial charge in [0.1, 0.15) is 0 Å². The molecule has 25 heavy (non-hydrogen) atoms. The summed E-state index contributed by atoms with van der Waals surface area (Å²) in [6.07, 6.45) is 0.978. The van der Waals surface area contributed by atoms with Crippen molar-refractivity contribution in [3.8, 4) is 11.5 Å². The van der Waals surface area contributed by atoms with Crippen LogP contribution in [0.15, 0.2) is 23.1 Å². The molecule has 1 aromatic carbocycles. The van der Waals surface area contributed by atoms with Gasteiger partial charge in [0.15, 0.2) is 11.5 Å². The van der Waals surface area contributed by atoms with Crippen LogP contribution in [0.25, 0.3) is 0 Å². The molecule has 0 aromatic heterocycles. The van der Waals surface area contributed by atoms with Crippen molar-refractivity contribution in [2.45, 2.75) is 17.7 Å². The highest BCUT2D eigenvalue weighted by Gasteiger charge is 2.32. The minimum Gasteiger partial charge on any atom is -0.493 e. The predicted octanol–water partition coefficient (Wildman–Crippen LogP) is 0.179. The fourth-order valence-corrected chi connectivity index (χ4v) is 4.31. The van der Waals surface area contributed by atoms with Gasteiger partial charge in [-0.15, -0.1) is 0 Å². The van der Waals surface area contributed by atoms with E-state index in [0.717, 1.165) is 0 Å². The number of amides is 1. The zero-order chi connectivity index (χ0) is 18.4. The van der Waals surface area contributed by atoms with Gasteiger partial charge in [0.25, 0.3) is 0 Å². The molecular formula is C16H25N3O5S. The number of piperidine rings is 1. The molecule has 2 rings (SSSR count). The molecule has 0 atom stereocenters. The first-order valence-corrected chi connectivity index (χ1v) is 9.58. The molecule has 9 heteroatoms. The molecular weight excluding hydrogens is 346 g/mol. The van der Waals surface area contributed by atoms with Gasteiger partial charge in [-0.25, -0.2) is 8.42 Å². The molecule has 8 nitrogen and oxygen atoms in total. The van der Waals surface area contributed by atoms with Crippen molar-refractivity contribution >= 4 is 15.9 Å². The molecule has 0 unspecified atom stereocenters. The van der Waals surface area contributed by atoms with Gasteiger partial charge in [-0.1, -0.05) is 0 Å². The Balaban J connectivity index is 2.08. The van der Waals surface area contributed by atoms with Crippen LogP contribution in [0.3, 0.4) is 0 Å². The summed E-state index contributed by atoms with van der Waals surface area (Å²) < 4.78 is 37.3. The van der Waals surface area contributed by atoms with Crippen molar-refractivity contribution in [3.05, 3.63) is 18.2 Å². The van der Waals surface area contributed by atoms with Gasteiger partial charge < -0.3 is 20.5 Å². The quantitative estimate of drug-likeness (QED) is 0.707. The lowest BCUT2D eigenvalue weighted by Gasteiger charge is -2.30. The number of sulfonamides is 1. The summed E-state index contributed by atoms with van der Waals surface area (Å²) in [5, 5.41) is 2.75. The molecule has 1 fully saturated rings. The summed E-state index contributed by atoms with van der Waals surface area (Å²) >= 11 is 0. The van der Waals surface area contributed by atoms with Gasteiger partial charge in [-0.2, -0.15) is 4.31 Å². The maximum Gasteiger partial charge on any atom is 0.243 e. The Kier molecular flexibility index (Phi) is 6.63. The molecule has 0 aliphatic carbocycles. The van der Waals surface area contributed by atoms with Crippen LogP contribution in [0.2, 0.25) is 0 Å². The van der Waals surface area contributed by atoms with E-state index in [1.54, 1.807) is 6.07 Å². The molecule has 1 aliphatic heterocycles. The van der Waals surface area contributed by atoms with Gasteiger partial charge in [-0.3, -0.25) is 4.79 Å². The highest BCUT2D eigenvalue weighted by Crippen LogP contribution is 2.31. The van der Waals surface area contributed by atoms with Crippen LogP contribution in [-0.4, -0.2) is 59.0 Å². The van der Waals surface area contributed by atoms with Crippen LogP contribution in [-0.2, 0) is 14.8 Å². The molecule has 1 aliphatic rings. The highest BCUT2D eigenvalue weighted by molar-refractivity contribution is 7.89. The SMILES string of the molecule is COc1ccc(S(=O)(=O)N2CCC(C(=O)NCCN)CC2)cc1OC. The number of carbonyl (C=O) groups excluding carboxylic acids is 1. The largest absolute Gasteiger partial charge is 0.493 e. The summed E-state index contributed by atoms with van der Waals surface area (Å²) in [6, 6.07) is 4.52. The van der Waals surface area contributed by atoms with E-state index in [0.29, 0.717) is 50.5 Å². The Bertz CT molecular complexity index is 700. The average Bonchev–Trinajstić information content (AvgIpc) is 2.65. The predicted molar refractivity (Wildman–Crippen MR) is 93.1 cm³/mol. The van der Waals surface area contributed by atoms with Crippen LogP contribution in [0.1, 0.15) is 12.8 Å². The third-order valence-corrected chi connectivity index (χ3v) is 6.16. The second-order valence-corrected chi connectivity index (χ2v) is 7.71. The van der Waals surface area contributed by atoms with Crippen LogP contribution >= 0.6 is 0 Å². The van der Waals surface area contributed by atoms with E-state index in [1.807, 2.05) is 0 Å². The Morgan fingerprint density at radius 3 is 2.44 bits per heavy atom. The fourth-order valence-electron chi connectivity index (χ4n) is 2.82. The van der Waals surface area contributed by atoms with E-state index in [4.69, 9.17) is 15.2 Å². The van der Waals surface area contributed by atoms with Gasteiger partial charge in [0.2, 0.25) is 15.9 Å². The van der Waals surface area contributed by atoms with Crippen molar-refractivity contribution in [2.24, 2.45) is 11.7 Å². The van der Waals surface area contributed by atoms with E-state index in [-0.39, 0.29) is 16.7 Å². The van der Waals surface area contributed by atoms with E-state index in [1.165, 1.54) is 30.7 Å². The number of hydrogen-bond donors (Lipinski definition) is 2. The van der Waals surface area contributed by atoms with Crippen LogP contribution in [0.5, 0.6) is 11.5 Å². The normalized spacial score (nSPS) is 16.4. The van der Waals surface area contributed by atoms with E-state index >= 15 is 0 Å². The Morgan fingerprint density at radius 2 is 1.88 bits per heavy atom. The highest BCUT2D eigenvalue weighted by atomic mass is 32.2. The monoisotopic (exact) mass is 371 g/mol. The van der Waals surface area contributed by atoms with Crippen molar-refractivity contribution in [1.29, 1.82) is 0 Å². The zero-order valence-corrected chi connectivity index (χ0v) is 15.3. The number of nitrogens with one attached hydrogen (secondary N) is 1. The smallest absolute Gasteiger partial charge is 0.243 e. The summed E-state index contributed by atoms with van der Waals surface area (Å²) in [5.74, 6) is 0.591. The number of hydrogen-bond acceptors (Lipinski definition) is 6. The second kappa shape index (κ2) is 8.50. The maximum absolute atomic E-state index is 12.8. The lowest BCUT2D eigenvalue weighted by Crippen LogP contribution is -2.43. The first-order valence-electron chi connectivity index (χ1n) is 8.14. The molecule has 3 N–H and O–H groups in total. The molecule has 1 aromatic rings. The molecule has 1 amide bonds. The van der Waals surface area contributed by atoms with Gasteiger partial charge >= 0.3 is 0 Å². The third kappa shape index (κ3) is 4.42. The van der Waals surface area contributed by atoms with Gasteiger partial charge in [0, 0.05) is 38.2 Å². The molecule has 0 bridgehead atoms. The summed E-state index contributed by atoms with van der Waals surface area (Å²) in [5.41, 5.74) is 5.37. The summed E-state index contributed by atoms with van der Waals surface area (Å²) in [4.78, 5) is 12.1. The fraction of sp³-hybridized carbons (Fsp3) is 0.562. The third-order valence-electron chi connectivity index (χ3n) is 4.26.